The highest BCUT2D eigenvalue weighted by Gasteiger charge is 2.16. The van der Waals surface area contributed by atoms with Crippen LogP contribution in [0, 0.1) is 5.82 Å². The van der Waals surface area contributed by atoms with E-state index >= 15 is 0 Å². The minimum absolute atomic E-state index is 0.0470. The monoisotopic (exact) mass is 495 g/mol. The number of rotatable bonds is 7. The Kier molecular flexibility index (Phi) is 6.26. The number of hydrogen-bond donors (Lipinski definition) is 0. The normalized spacial score (nSPS) is 11.2. The van der Waals surface area contributed by atoms with E-state index in [2.05, 4.69) is 4.98 Å². The Morgan fingerprint density at radius 2 is 1.82 bits per heavy atom. The van der Waals surface area contributed by atoms with Crippen molar-refractivity contribution in [1.82, 2.24) is 14.5 Å². The van der Waals surface area contributed by atoms with Crippen molar-refractivity contribution in [2.24, 2.45) is 7.05 Å². The van der Waals surface area contributed by atoms with Gasteiger partial charge >= 0.3 is 0 Å². The summed E-state index contributed by atoms with van der Waals surface area (Å²) >= 11 is 4.48. The number of thioether (sulfide) groups is 1. The number of ether oxygens (including phenoxy) is 1. The molecule has 5 aromatic rings. The van der Waals surface area contributed by atoms with Crippen LogP contribution >= 0.6 is 34.4 Å². The molecule has 166 valence electrons. The molecule has 0 aliphatic heterocycles. The molecule has 3 aromatic heterocycles. The topological polar surface area (TPSA) is 57.0 Å². The average molecular weight is 496 g/mol. The molecule has 0 saturated carbocycles. The summed E-state index contributed by atoms with van der Waals surface area (Å²) in [7, 11) is 1.76. The number of hydrogen-bond acceptors (Lipinski definition) is 7. The van der Waals surface area contributed by atoms with E-state index in [1.165, 1.54) is 46.6 Å². The summed E-state index contributed by atoms with van der Waals surface area (Å²) in [4.78, 5) is 23.2. The zero-order valence-electron chi connectivity index (χ0n) is 17.5. The minimum Gasteiger partial charge on any atom is -0.486 e. The van der Waals surface area contributed by atoms with E-state index in [0.29, 0.717) is 28.7 Å². The van der Waals surface area contributed by atoms with Crippen LogP contribution in [0.1, 0.15) is 10.7 Å². The Morgan fingerprint density at radius 1 is 1.03 bits per heavy atom. The van der Waals surface area contributed by atoms with Gasteiger partial charge in [-0.2, -0.15) is 0 Å². The first kappa shape index (κ1) is 21.8. The Hall–Kier alpha value is -3.01. The van der Waals surface area contributed by atoms with Gasteiger partial charge in [-0.1, -0.05) is 42.1 Å². The highest BCUT2D eigenvalue weighted by Crippen LogP contribution is 2.32. The SMILES string of the molecule is Cn1c(SCc2csc(COc3ccc(F)cc3)n2)nc2scc(-c3ccccc3)c2c1=O. The fourth-order valence-electron chi connectivity index (χ4n) is 3.31. The maximum absolute atomic E-state index is 13.1. The van der Waals surface area contributed by atoms with Crippen LogP contribution < -0.4 is 10.3 Å². The van der Waals surface area contributed by atoms with Crippen LogP contribution in [0.2, 0.25) is 0 Å². The van der Waals surface area contributed by atoms with Gasteiger partial charge in [0, 0.05) is 29.1 Å². The van der Waals surface area contributed by atoms with Crippen molar-refractivity contribution in [2.45, 2.75) is 17.5 Å². The summed E-state index contributed by atoms with van der Waals surface area (Å²) < 4.78 is 20.3. The van der Waals surface area contributed by atoms with Gasteiger partial charge in [0.2, 0.25) is 0 Å². The van der Waals surface area contributed by atoms with E-state index in [1.807, 2.05) is 41.1 Å². The van der Waals surface area contributed by atoms with Gasteiger partial charge in [0.15, 0.2) is 5.16 Å². The van der Waals surface area contributed by atoms with E-state index in [4.69, 9.17) is 9.72 Å². The number of thiazole rings is 1. The average Bonchev–Trinajstić information content (AvgIpc) is 3.48. The molecule has 2 aromatic carbocycles. The number of benzene rings is 2. The first-order valence-electron chi connectivity index (χ1n) is 10.1. The maximum Gasteiger partial charge on any atom is 0.263 e. The smallest absolute Gasteiger partial charge is 0.263 e. The molecule has 0 spiro atoms. The Balaban J connectivity index is 1.30. The van der Waals surface area contributed by atoms with Gasteiger partial charge < -0.3 is 4.74 Å². The van der Waals surface area contributed by atoms with Crippen molar-refractivity contribution in [3.8, 4) is 16.9 Å². The molecule has 3 heterocycles. The lowest BCUT2D eigenvalue weighted by atomic mass is 10.1. The first-order chi connectivity index (χ1) is 16.1. The van der Waals surface area contributed by atoms with Crippen molar-refractivity contribution < 1.29 is 9.13 Å². The van der Waals surface area contributed by atoms with Gasteiger partial charge in [0.05, 0.1) is 11.1 Å². The van der Waals surface area contributed by atoms with Crippen molar-refractivity contribution in [3.63, 3.8) is 0 Å². The van der Waals surface area contributed by atoms with E-state index < -0.39 is 0 Å². The zero-order valence-corrected chi connectivity index (χ0v) is 20.0. The molecule has 33 heavy (non-hydrogen) atoms. The van der Waals surface area contributed by atoms with E-state index in [-0.39, 0.29) is 11.4 Å². The lowest BCUT2D eigenvalue weighted by molar-refractivity contribution is 0.305. The van der Waals surface area contributed by atoms with Gasteiger partial charge in [-0.3, -0.25) is 9.36 Å². The number of thiophene rings is 1. The largest absolute Gasteiger partial charge is 0.486 e. The van der Waals surface area contributed by atoms with Crippen LogP contribution in [0.4, 0.5) is 4.39 Å². The number of halogens is 1. The third kappa shape index (κ3) is 4.71. The summed E-state index contributed by atoms with van der Waals surface area (Å²) in [5.41, 5.74) is 2.79. The van der Waals surface area contributed by atoms with Crippen molar-refractivity contribution in [3.05, 3.63) is 92.2 Å². The molecule has 0 fully saturated rings. The van der Waals surface area contributed by atoms with Crippen LogP contribution in [-0.2, 0) is 19.4 Å². The zero-order chi connectivity index (χ0) is 22.8. The van der Waals surface area contributed by atoms with Gasteiger partial charge in [0.1, 0.15) is 28.0 Å². The standard InChI is InChI=1S/C24H18FN3O2S3/c1-28-23(29)21-19(15-5-3-2-4-6-15)14-32-22(21)27-24(28)33-13-17-12-31-20(26-17)11-30-18-9-7-16(25)8-10-18/h2-10,12,14H,11,13H2,1H3. The number of fused-ring (bicyclic) bond motifs is 1. The summed E-state index contributed by atoms with van der Waals surface area (Å²) in [6.07, 6.45) is 0. The molecule has 0 N–H and O–H groups in total. The van der Waals surface area contributed by atoms with Crippen LogP contribution in [0.3, 0.4) is 0 Å². The highest BCUT2D eigenvalue weighted by atomic mass is 32.2. The number of aromatic nitrogens is 3. The quantitative estimate of drug-likeness (QED) is 0.201. The Morgan fingerprint density at radius 3 is 2.61 bits per heavy atom. The molecule has 0 radical (unpaired) electrons. The van der Waals surface area contributed by atoms with E-state index in [0.717, 1.165) is 26.7 Å². The second-order valence-electron chi connectivity index (χ2n) is 7.22. The van der Waals surface area contributed by atoms with Crippen molar-refractivity contribution in [2.75, 3.05) is 0 Å². The fraction of sp³-hybridized carbons (Fsp3) is 0.125. The van der Waals surface area contributed by atoms with Crippen molar-refractivity contribution >= 4 is 44.7 Å². The predicted molar refractivity (Wildman–Crippen MR) is 133 cm³/mol. The molecular weight excluding hydrogens is 477 g/mol. The lowest BCUT2D eigenvalue weighted by Gasteiger charge is -2.07. The second-order valence-corrected chi connectivity index (χ2v) is 9.96. The molecule has 0 amide bonds. The molecule has 0 saturated heterocycles. The molecule has 5 nitrogen and oxygen atoms in total. The molecule has 5 rings (SSSR count). The Labute approximate surface area is 201 Å². The summed E-state index contributed by atoms with van der Waals surface area (Å²) in [5.74, 6) is 0.896. The second kappa shape index (κ2) is 9.46. The summed E-state index contributed by atoms with van der Waals surface area (Å²) in [6.45, 7) is 0.321. The highest BCUT2D eigenvalue weighted by molar-refractivity contribution is 7.98. The Bertz CT molecular complexity index is 1460. The van der Waals surface area contributed by atoms with Gasteiger partial charge in [-0.05, 0) is 29.8 Å². The minimum atomic E-state index is -0.295. The molecule has 0 aliphatic carbocycles. The van der Waals surface area contributed by atoms with E-state index in [9.17, 15) is 9.18 Å². The van der Waals surface area contributed by atoms with Crippen LogP contribution in [0.5, 0.6) is 5.75 Å². The van der Waals surface area contributed by atoms with Gasteiger partial charge in [-0.25, -0.2) is 14.4 Å². The summed E-state index contributed by atoms with van der Waals surface area (Å²) in [6, 6.07) is 15.8. The molecular formula is C24H18FN3O2S3. The van der Waals surface area contributed by atoms with Gasteiger partial charge in [-0.15, -0.1) is 22.7 Å². The van der Waals surface area contributed by atoms with Gasteiger partial charge in [0.25, 0.3) is 5.56 Å². The lowest BCUT2D eigenvalue weighted by Crippen LogP contribution is -2.19. The molecule has 0 unspecified atom stereocenters. The first-order valence-corrected chi connectivity index (χ1v) is 12.8. The molecule has 9 heteroatoms. The van der Waals surface area contributed by atoms with Crippen LogP contribution in [0.15, 0.2) is 75.3 Å². The third-order valence-corrected chi connectivity index (χ3v) is 7.79. The maximum atomic E-state index is 13.1. The fourth-order valence-corrected chi connectivity index (χ4v) is 5.97. The van der Waals surface area contributed by atoms with Crippen LogP contribution in [0.25, 0.3) is 21.3 Å². The molecule has 0 aliphatic rings. The number of nitrogens with zero attached hydrogens (tertiary/aromatic N) is 3. The molecule has 0 bridgehead atoms. The van der Waals surface area contributed by atoms with E-state index in [1.54, 1.807) is 23.7 Å². The predicted octanol–water partition coefficient (Wildman–Crippen LogP) is 6.13. The van der Waals surface area contributed by atoms with Crippen LogP contribution in [-0.4, -0.2) is 14.5 Å². The summed E-state index contributed by atoms with van der Waals surface area (Å²) in [5, 5.41) is 6.12. The molecule has 0 atom stereocenters. The third-order valence-electron chi connectivity index (χ3n) is 4.98. The van der Waals surface area contributed by atoms with Crippen molar-refractivity contribution in [1.29, 1.82) is 0 Å².